The standard InChI is InChI=1S/C27H28ClN3O3S2/c1-34-19-11-9-18(10-12-19)29-26(33)24-20-6-2-3-7-22(20)35-27(24)30-25(32)17-8-13-21(28)23(16-17)36-31-14-4-5-15-31/h8-13,16H,2-7,14-15H2,1H3,(H,29,33)(H,30,32). The third kappa shape index (κ3) is 5.57. The number of carbonyl (C=O) groups excluding carboxylic acids is 2. The smallest absolute Gasteiger partial charge is 0.258 e. The first-order valence-electron chi connectivity index (χ1n) is 12.2. The van der Waals surface area contributed by atoms with E-state index in [0.717, 1.165) is 55.0 Å². The van der Waals surface area contributed by atoms with Gasteiger partial charge in [0, 0.05) is 34.1 Å². The van der Waals surface area contributed by atoms with E-state index in [4.69, 9.17) is 16.3 Å². The molecule has 9 heteroatoms. The number of carbonyl (C=O) groups is 2. The maximum atomic E-state index is 13.4. The minimum atomic E-state index is -0.243. The summed E-state index contributed by atoms with van der Waals surface area (Å²) in [6.45, 7) is 2.04. The third-order valence-corrected chi connectivity index (χ3v) is 9.27. The van der Waals surface area contributed by atoms with Gasteiger partial charge in [-0.3, -0.25) is 9.59 Å². The van der Waals surface area contributed by atoms with Crippen LogP contribution in [0.5, 0.6) is 5.75 Å². The van der Waals surface area contributed by atoms with Gasteiger partial charge in [0.1, 0.15) is 10.8 Å². The lowest BCUT2D eigenvalue weighted by molar-refractivity contribution is 0.102. The van der Waals surface area contributed by atoms with Crippen molar-refractivity contribution in [2.45, 2.75) is 43.4 Å². The van der Waals surface area contributed by atoms with Gasteiger partial charge in [-0.05, 0) is 98.5 Å². The van der Waals surface area contributed by atoms with E-state index in [9.17, 15) is 9.59 Å². The van der Waals surface area contributed by atoms with Crippen molar-refractivity contribution in [1.29, 1.82) is 0 Å². The second kappa shape index (κ2) is 11.3. The van der Waals surface area contributed by atoms with Crippen LogP contribution < -0.4 is 15.4 Å². The number of anilines is 2. The number of benzene rings is 2. The Kier molecular flexibility index (Phi) is 7.86. The first-order chi connectivity index (χ1) is 17.5. The topological polar surface area (TPSA) is 70.7 Å². The molecule has 1 aliphatic heterocycles. The first-order valence-corrected chi connectivity index (χ1v) is 14.1. The molecule has 5 rings (SSSR count). The number of hydrogen-bond acceptors (Lipinski definition) is 6. The van der Waals surface area contributed by atoms with Crippen LogP contribution in [0.25, 0.3) is 0 Å². The summed E-state index contributed by atoms with van der Waals surface area (Å²) in [7, 11) is 1.61. The van der Waals surface area contributed by atoms with Crippen LogP contribution in [0.1, 0.15) is 56.8 Å². The molecular formula is C27H28ClN3O3S2. The van der Waals surface area contributed by atoms with E-state index in [1.807, 2.05) is 6.07 Å². The number of fused-ring (bicyclic) bond motifs is 1. The maximum Gasteiger partial charge on any atom is 0.258 e. The third-order valence-electron chi connectivity index (χ3n) is 6.46. The molecule has 3 aromatic rings. The number of methoxy groups -OCH3 is 1. The number of rotatable bonds is 7. The molecule has 6 nitrogen and oxygen atoms in total. The highest BCUT2D eigenvalue weighted by Gasteiger charge is 2.27. The second-order valence-electron chi connectivity index (χ2n) is 8.92. The molecule has 0 atom stereocenters. The lowest BCUT2D eigenvalue weighted by Crippen LogP contribution is -2.18. The van der Waals surface area contributed by atoms with Crippen LogP contribution in [-0.4, -0.2) is 36.3 Å². The number of nitrogens with zero attached hydrogens (tertiary/aromatic N) is 1. The summed E-state index contributed by atoms with van der Waals surface area (Å²) in [6, 6.07) is 12.6. The molecule has 1 aliphatic carbocycles. The van der Waals surface area contributed by atoms with E-state index >= 15 is 0 Å². The van der Waals surface area contributed by atoms with Crippen LogP contribution in [0.3, 0.4) is 0 Å². The van der Waals surface area contributed by atoms with Gasteiger partial charge in [-0.15, -0.1) is 11.3 Å². The molecule has 2 amide bonds. The summed E-state index contributed by atoms with van der Waals surface area (Å²) in [4.78, 5) is 28.8. The largest absolute Gasteiger partial charge is 0.497 e. The normalized spacial score (nSPS) is 15.4. The van der Waals surface area contributed by atoms with E-state index in [1.165, 1.54) is 29.1 Å². The Labute approximate surface area is 224 Å². The maximum absolute atomic E-state index is 13.4. The van der Waals surface area contributed by atoms with Crippen molar-refractivity contribution in [3.63, 3.8) is 0 Å². The van der Waals surface area contributed by atoms with Crippen LogP contribution in [0, 0.1) is 0 Å². The predicted molar refractivity (Wildman–Crippen MR) is 148 cm³/mol. The van der Waals surface area contributed by atoms with Crippen LogP contribution >= 0.6 is 34.9 Å². The van der Waals surface area contributed by atoms with Gasteiger partial charge in [0.25, 0.3) is 11.8 Å². The van der Waals surface area contributed by atoms with Crippen LogP contribution in [0.15, 0.2) is 47.4 Å². The Morgan fingerprint density at radius 1 is 0.972 bits per heavy atom. The monoisotopic (exact) mass is 541 g/mol. The van der Waals surface area contributed by atoms with Gasteiger partial charge in [-0.25, -0.2) is 4.31 Å². The fraction of sp³-hybridized carbons (Fsp3) is 0.333. The highest BCUT2D eigenvalue weighted by Crippen LogP contribution is 2.39. The van der Waals surface area contributed by atoms with Crippen molar-refractivity contribution in [3.8, 4) is 5.75 Å². The molecule has 2 heterocycles. The zero-order chi connectivity index (χ0) is 25.1. The summed E-state index contributed by atoms with van der Waals surface area (Å²) in [5.41, 5.74) is 2.82. The summed E-state index contributed by atoms with van der Waals surface area (Å²) < 4.78 is 7.48. The zero-order valence-electron chi connectivity index (χ0n) is 20.1. The molecule has 188 valence electrons. The number of hydrogen-bond donors (Lipinski definition) is 2. The minimum Gasteiger partial charge on any atom is -0.497 e. The highest BCUT2D eigenvalue weighted by molar-refractivity contribution is 7.97. The number of aryl methyl sites for hydroxylation is 1. The number of thiophene rings is 1. The van der Waals surface area contributed by atoms with Crippen LogP contribution in [0.4, 0.5) is 10.7 Å². The second-order valence-corrected chi connectivity index (χ2v) is 11.6. The molecule has 1 fully saturated rings. The van der Waals surface area contributed by atoms with Gasteiger partial charge in [0.2, 0.25) is 0 Å². The SMILES string of the molecule is COc1ccc(NC(=O)c2c(NC(=O)c3ccc(Cl)c(SN4CCCC4)c3)sc3c2CCCC3)cc1. The van der Waals surface area contributed by atoms with Crippen molar-refractivity contribution < 1.29 is 14.3 Å². The molecule has 0 radical (unpaired) electrons. The number of amides is 2. The van der Waals surface area contributed by atoms with Crippen molar-refractivity contribution >= 4 is 57.4 Å². The van der Waals surface area contributed by atoms with Crippen LogP contribution in [0.2, 0.25) is 5.02 Å². The van der Waals surface area contributed by atoms with Crippen molar-refractivity contribution in [2.24, 2.45) is 0 Å². The summed E-state index contributed by atoms with van der Waals surface area (Å²) >= 11 is 9.54. The minimum absolute atomic E-state index is 0.212. The lowest BCUT2D eigenvalue weighted by atomic mass is 9.95. The quantitative estimate of drug-likeness (QED) is 0.318. The highest BCUT2D eigenvalue weighted by atomic mass is 35.5. The average molecular weight is 542 g/mol. The summed E-state index contributed by atoms with van der Waals surface area (Å²) in [5.74, 6) is 0.266. The fourth-order valence-corrected chi connectivity index (χ4v) is 7.13. The molecule has 2 N–H and O–H groups in total. The van der Waals surface area contributed by atoms with Gasteiger partial charge < -0.3 is 15.4 Å². The summed E-state index contributed by atoms with van der Waals surface area (Å²) in [5, 5.41) is 7.27. The molecule has 0 saturated carbocycles. The molecule has 1 aromatic heterocycles. The van der Waals surface area contributed by atoms with Crippen LogP contribution in [-0.2, 0) is 12.8 Å². The molecule has 36 heavy (non-hydrogen) atoms. The predicted octanol–water partition coefficient (Wildman–Crippen LogP) is 6.90. The average Bonchev–Trinajstić information content (AvgIpc) is 3.53. The van der Waals surface area contributed by atoms with Gasteiger partial charge in [0.05, 0.1) is 17.7 Å². The van der Waals surface area contributed by atoms with E-state index in [-0.39, 0.29) is 11.8 Å². The molecule has 0 bridgehead atoms. The van der Waals surface area contributed by atoms with E-state index in [0.29, 0.717) is 26.8 Å². The van der Waals surface area contributed by atoms with Gasteiger partial charge >= 0.3 is 0 Å². The van der Waals surface area contributed by atoms with E-state index in [2.05, 4.69) is 14.9 Å². The van der Waals surface area contributed by atoms with E-state index in [1.54, 1.807) is 55.5 Å². The molecule has 2 aliphatic rings. The van der Waals surface area contributed by atoms with E-state index < -0.39 is 0 Å². The Hall–Kier alpha value is -2.52. The molecule has 0 spiro atoms. The molecule has 0 unspecified atom stereocenters. The van der Waals surface area contributed by atoms with Gasteiger partial charge in [-0.1, -0.05) is 11.6 Å². The van der Waals surface area contributed by atoms with Gasteiger partial charge in [-0.2, -0.15) is 0 Å². The molecule has 1 saturated heterocycles. The Morgan fingerprint density at radius 3 is 2.47 bits per heavy atom. The Bertz CT molecular complexity index is 1270. The zero-order valence-corrected chi connectivity index (χ0v) is 22.5. The van der Waals surface area contributed by atoms with Gasteiger partial charge in [0.15, 0.2) is 0 Å². The number of halogens is 1. The molecular weight excluding hydrogens is 514 g/mol. The lowest BCUT2D eigenvalue weighted by Gasteiger charge is -2.15. The Morgan fingerprint density at radius 2 is 1.72 bits per heavy atom. The van der Waals surface area contributed by atoms with Crippen molar-refractivity contribution in [3.05, 3.63) is 69.1 Å². The first kappa shape index (κ1) is 25.1. The number of nitrogens with one attached hydrogen (secondary N) is 2. The fourth-order valence-electron chi connectivity index (χ4n) is 4.57. The molecule has 2 aromatic carbocycles. The van der Waals surface area contributed by atoms with Crippen molar-refractivity contribution in [2.75, 3.05) is 30.8 Å². The summed E-state index contributed by atoms with van der Waals surface area (Å²) in [6.07, 6.45) is 6.24. The Balaban J connectivity index is 1.38. The number of ether oxygens (including phenoxy) is 1. The van der Waals surface area contributed by atoms with Crippen molar-refractivity contribution in [1.82, 2.24) is 4.31 Å².